The second-order valence-corrected chi connectivity index (χ2v) is 9.26. The van der Waals surface area contributed by atoms with Crippen molar-refractivity contribution in [1.29, 1.82) is 0 Å². The molecule has 11 heteroatoms. The molecule has 1 fully saturated rings. The molecule has 182 valence electrons. The Morgan fingerprint density at radius 3 is 2.86 bits per heavy atom. The van der Waals surface area contributed by atoms with Crippen molar-refractivity contribution in [3.63, 3.8) is 0 Å². The highest BCUT2D eigenvalue weighted by Gasteiger charge is 2.31. The van der Waals surface area contributed by atoms with Gasteiger partial charge in [0.15, 0.2) is 11.5 Å². The number of halogens is 1. The van der Waals surface area contributed by atoms with E-state index in [1.54, 1.807) is 54.6 Å². The van der Waals surface area contributed by atoms with Crippen LogP contribution in [0.2, 0.25) is 5.02 Å². The van der Waals surface area contributed by atoms with Gasteiger partial charge in [0, 0.05) is 29.2 Å². The van der Waals surface area contributed by atoms with Crippen molar-refractivity contribution in [3.05, 3.63) is 53.4 Å². The third-order valence-electron chi connectivity index (χ3n) is 6.32. The molecule has 0 spiro atoms. The number of ether oxygens (including phenoxy) is 1. The molecule has 10 nitrogen and oxygen atoms in total. The summed E-state index contributed by atoms with van der Waals surface area (Å²) in [5.74, 6) is 0.130. The molecule has 35 heavy (non-hydrogen) atoms. The Kier molecular flexibility index (Phi) is 6.08. The molecular weight excluding hydrogens is 470 g/mol. The summed E-state index contributed by atoms with van der Waals surface area (Å²) in [6.07, 6.45) is 9.40. The summed E-state index contributed by atoms with van der Waals surface area (Å²) in [5, 5.41) is 23.4. The number of anilines is 2. The normalized spacial score (nSPS) is 15.3. The number of carbonyl (C=O) groups excluding carboxylic acids is 1. The van der Waals surface area contributed by atoms with E-state index in [0.717, 1.165) is 19.3 Å². The van der Waals surface area contributed by atoms with Crippen LogP contribution in [0.3, 0.4) is 0 Å². The van der Waals surface area contributed by atoms with Crippen LogP contribution >= 0.6 is 11.6 Å². The lowest BCUT2D eigenvalue weighted by Crippen LogP contribution is -2.36. The second kappa shape index (κ2) is 9.20. The number of aromatic nitrogens is 5. The SMILES string of the molecule is COc1ccc(Cl)cc1-c1nn(CC2(O)CCCCC2)cc1NC(=O)c1c(N)nn2cccnc12. The Balaban J connectivity index is 1.56. The number of aliphatic hydroxyl groups is 1. The number of fused-ring (bicyclic) bond motifs is 1. The molecule has 4 aromatic rings. The molecule has 0 saturated heterocycles. The molecule has 0 atom stereocenters. The van der Waals surface area contributed by atoms with Crippen LogP contribution < -0.4 is 15.8 Å². The Labute approximate surface area is 206 Å². The predicted octanol–water partition coefficient (Wildman–Crippen LogP) is 3.78. The summed E-state index contributed by atoms with van der Waals surface area (Å²) >= 11 is 6.28. The average Bonchev–Trinajstić information content (AvgIpc) is 3.38. The summed E-state index contributed by atoms with van der Waals surface area (Å²) in [6.45, 7) is 0.305. The van der Waals surface area contributed by atoms with Gasteiger partial charge in [-0.25, -0.2) is 9.50 Å². The number of benzene rings is 1. The molecule has 3 aromatic heterocycles. The summed E-state index contributed by atoms with van der Waals surface area (Å²) < 4.78 is 8.64. The molecule has 3 heterocycles. The zero-order valence-corrected chi connectivity index (χ0v) is 20.0. The van der Waals surface area contributed by atoms with Gasteiger partial charge in [-0.1, -0.05) is 30.9 Å². The summed E-state index contributed by atoms with van der Waals surface area (Å²) in [7, 11) is 1.55. The molecule has 4 N–H and O–H groups in total. The van der Waals surface area contributed by atoms with Gasteiger partial charge in [-0.3, -0.25) is 9.48 Å². The molecule has 1 aliphatic rings. The number of amides is 1. The first-order valence-electron chi connectivity index (χ1n) is 11.4. The van der Waals surface area contributed by atoms with Crippen LogP contribution in [0.4, 0.5) is 11.5 Å². The lowest BCUT2D eigenvalue weighted by atomic mass is 9.85. The van der Waals surface area contributed by atoms with E-state index >= 15 is 0 Å². The highest BCUT2D eigenvalue weighted by atomic mass is 35.5. The van der Waals surface area contributed by atoms with Gasteiger partial charge >= 0.3 is 0 Å². The highest BCUT2D eigenvalue weighted by molar-refractivity contribution is 6.31. The van der Waals surface area contributed by atoms with Crippen LogP contribution in [0.15, 0.2) is 42.9 Å². The van der Waals surface area contributed by atoms with Crippen molar-refractivity contribution in [3.8, 4) is 17.0 Å². The van der Waals surface area contributed by atoms with Gasteiger partial charge in [-0.05, 0) is 37.1 Å². The van der Waals surface area contributed by atoms with Gasteiger partial charge < -0.3 is 20.9 Å². The molecule has 0 unspecified atom stereocenters. The van der Waals surface area contributed by atoms with Crippen molar-refractivity contribution in [2.75, 3.05) is 18.2 Å². The fourth-order valence-corrected chi connectivity index (χ4v) is 4.81. The highest BCUT2D eigenvalue weighted by Crippen LogP contribution is 2.37. The van der Waals surface area contributed by atoms with E-state index < -0.39 is 11.5 Å². The van der Waals surface area contributed by atoms with Crippen LogP contribution in [-0.4, -0.2) is 48.1 Å². The number of nitrogen functional groups attached to an aromatic ring is 1. The van der Waals surface area contributed by atoms with E-state index in [1.165, 1.54) is 4.52 Å². The van der Waals surface area contributed by atoms with Gasteiger partial charge in [0.25, 0.3) is 5.91 Å². The molecule has 1 saturated carbocycles. The Morgan fingerprint density at radius 1 is 1.29 bits per heavy atom. The van der Waals surface area contributed by atoms with Crippen molar-refractivity contribution >= 4 is 34.7 Å². The van der Waals surface area contributed by atoms with Crippen molar-refractivity contribution in [2.24, 2.45) is 0 Å². The maximum Gasteiger partial charge on any atom is 0.263 e. The van der Waals surface area contributed by atoms with E-state index in [2.05, 4.69) is 15.4 Å². The van der Waals surface area contributed by atoms with Crippen molar-refractivity contribution in [1.82, 2.24) is 24.4 Å². The van der Waals surface area contributed by atoms with Crippen molar-refractivity contribution < 1.29 is 14.6 Å². The number of nitrogens with two attached hydrogens (primary N) is 1. The predicted molar refractivity (Wildman–Crippen MR) is 133 cm³/mol. The minimum absolute atomic E-state index is 0.0620. The fourth-order valence-electron chi connectivity index (χ4n) is 4.63. The van der Waals surface area contributed by atoms with Crippen LogP contribution in [0.5, 0.6) is 5.75 Å². The molecule has 1 aliphatic carbocycles. The lowest BCUT2D eigenvalue weighted by molar-refractivity contribution is -0.0142. The van der Waals surface area contributed by atoms with Gasteiger partial charge in [-0.15, -0.1) is 5.10 Å². The minimum atomic E-state index is -0.849. The Morgan fingerprint density at radius 2 is 2.09 bits per heavy atom. The molecule has 1 aromatic carbocycles. The molecule has 1 amide bonds. The van der Waals surface area contributed by atoms with Gasteiger partial charge in [0.2, 0.25) is 0 Å². The standard InChI is InChI=1S/C24H26ClN7O3/c1-35-18-7-6-15(25)12-16(18)20-17(13-31(29-20)14-24(34)8-3-2-4-9-24)28-23(33)19-21(26)30-32-11-5-10-27-22(19)32/h5-7,10-13,34H,2-4,8-9,14H2,1H3,(H2,26,30)(H,28,33). The molecule has 0 radical (unpaired) electrons. The Bertz CT molecular complexity index is 1390. The van der Waals surface area contributed by atoms with Crippen LogP contribution in [0, 0.1) is 0 Å². The maximum atomic E-state index is 13.3. The smallest absolute Gasteiger partial charge is 0.263 e. The summed E-state index contributed by atoms with van der Waals surface area (Å²) in [6, 6.07) is 6.88. The van der Waals surface area contributed by atoms with E-state index in [-0.39, 0.29) is 11.4 Å². The first-order chi connectivity index (χ1) is 16.9. The second-order valence-electron chi connectivity index (χ2n) is 8.82. The zero-order chi connectivity index (χ0) is 24.6. The van der Waals surface area contributed by atoms with Crippen LogP contribution in [0.1, 0.15) is 42.5 Å². The monoisotopic (exact) mass is 495 g/mol. The van der Waals surface area contributed by atoms with Gasteiger partial charge in [0.05, 0.1) is 24.9 Å². The number of nitrogens with zero attached hydrogens (tertiary/aromatic N) is 5. The number of carbonyl (C=O) groups is 1. The number of rotatable bonds is 6. The van der Waals surface area contributed by atoms with E-state index in [0.29, 0.717) is 52.8 Å². The molecule has 0 bridgehead atoms. The van der Waals surface area contributed by atoms with Crippen LogP contribution in [0.25, 0.3) is 16.9 Å². The number of hydrogen-bond acceptors (Lipinski definition) is 7. The number of methoxy groups -OCH3 is 1. The summed E-state index contributed by atoms with van der Waals surface area (Å²) in [4.78, 5) is 17.6. The first-order valence-corrected chi connectivity index (χ1v) is 11.8. The van der Waals surface area contributed by atoms with Gasteiger partial charge in [0.1, 0.15) is 17.0 Å². The summed E-state index contributed by atoms with van der Waals surface area (Å²) in [5.41, 5.74) is 7.18. The van der Waals surface area contributed by atoms with E-state index in [1.807, 2.05) is 0 Å². The molecular formula is C24H26ClN7O3. The third-order valence-corrected chi connectivity index (χ3v) is 6.55. The van der Waals surface area contributed by atoms with Crippen molar-refractivity contribution in [2.45, 2.75) is 44.2 Å². The topological polar surface area (TPSA) is 133 Å². The zero-order valence-electron chi connectivity index (χ0n) is 19.2. The molecule has 0 aliphatic heterocycles. The lowest BCUT2D eigenvalue weighted by Gasteiger charge is -2.31. The largest absolute Gasteiger partial charge is 0.496 e. The number of hydrogen-bond donors (Lipinski definition) is 3. The third kappa shape index (κ3) is 4.54. The Hall–Kier alpha value is -3.63. The van der Waals surface area contributed by atoms with E-state index in [9.17, 15) is 9.90 Å². The average molecular weight is 496 g/mol. The minimum Gasteiger partial charge on any atom is -0.496 e. The quantitative estimate of drug-likeness (QED) is 0.370. The molecule has 5 rings (SSSR count). The fraction of sp³-hybridized carbons (Fsp3) is 0.333. The number of nitrogens with one attached hydrogen (secondary N) is 1. The van der Waals surface area contributed by atoms with Crippen LogP contribution in [-0.2, 0) is 6.54 Å². The first kappa shape index (κ1) is 23.1. The maximum absolute atomic E-state index is 13.3. The van der Waals surface area contributed by atoms with E-state index in [4.69, 9.17) is 27.2 Å². The van der Waals surface area contributed by atoms with Gasteiger partial charge in [-0.2, -0.15) is 5.10 Å².